The molecule has 0 aromatic rings. The Kier molecular flexibility index (Phi) is 5.27. The third-order valence-electron chi connectivity index (χ3n) is 2.92. The predicted molar refractivity (Wildman–Crippen MR) is 68.4 cm³/mol. The van der Waals surface area contributed by atoms with Gasteiger partial charge in [-0.2, -0.15) is 0 Å². The Bertz CT molecular complexity index is 462. The third-order valence-corrected chi connectivity index (χ3v) is 4.06. The summed E-state index contributed by atoms with van der Waals surface area (Å²) >= 11 is 0. The van der Waals surface area contributed by atoms with Gasteiger partial charge in [-0.05, 0) is 20.3 Å². The van der Waals surface area contributed by atoms with Gasteiger partial charge in [0.1, 0.15) is 17.9 Å². The maximum Gasteiger partial charge on any atom is 0.347 e. The fraction of sp³-hybridized carbons (Fsp3) is 0.700. The zero-order valence-electron chi connectivity index (χ0n) is 11.1. The third kappa shape index (κ3) is 4.59. The van der Waals surface area contributed by atoms with Crippen molar-refractivity contribution in [2.24, 2.45) is 0 Å². The molecule has 1 aliphatic heterocycles. The number of nitrogens with one attached hydrogen (secondary N) is 3. The van der Waals surface area contributed by atoms with Gasteiger partial charge in [0.2, 0.25) is 17.7 Å². The molecule has 1 heterocycles. The zero-order chi connectivity index (χ0) is 15.5. The van der Waals surface area contributed by atoms with Crippen molar-refractivity contribution < 1.29 is 28.7 Å². The lowest BCUT2D eigenvalue weighted by Crippen LogP contribution is -2.51. The van der Waals surface area contributed by atoms with Gasteiger partial charge in [0.15, 0.2) is 0 Å². The van der Waals surface area contributed by atoms with Crippen molar-refractivity contribution >= 4 is 25.3 Å². The molecule has 0 radical (unpaired) electrons. The van der Waals surface area contributed by atoms with Gasteiger partial charge in [-0.25, -0.2) is 0 Å². The fourth-order valence-electron chi connectivity index (χ4n) is 1.61. The molecule has 0 saturated carbocycles. The molecule has 0 spiro atoms. The number of hydrogen-bond donors (Lipinski definition) is 5. The van der Waals surface area contributed by atoms with Gasteiger partial charge in [-0.1, -0.05) is 0 Å². The van der Waals surface area contributed by atoms with Gasteiger partial charge in [-0.15, -0.1) is 0 Å². The van der Waals surface area contributed by atoms with E-state index in [0.29, 0.717) is 6.42 Å². The number of amides is 3. The first-order chi connectivity index (χ1) is 9.11. The predicted octanol–water partition coefficient (Wildman–Crippen LogP) is -1.59. The minimum atomic E-state index is -4.42. The summed E-state index contributed by atoms with van der Waals surface area (Å²) in [4.78, 5) is 52.1. The van der Waals surface area contributed by atoms with Crippen molar-refractivity contribution in [2.45, 2.75) is 44.6 Å². The Morgan fingerprint density at radius 3 is 2.40 bits per heavy atom. The van der Waals surface area contributed by atoms with Crippen molar-refractivity contribution in [3.05, 3.63) is 0 Å². The summed E-state index contributed by atoms with van der Waals surface area (Å²) in [5.74, 6) is -2.77. The van der Waals surface area contributed by atoms with Crippen LogP contribution in [0.4, 0.5) is 0 Å². The molecular weight excluding hydrogens is 289 g/mol. The minimum absolute atomic E-state index is 0.225. The van der Waals surface area contributed by atoms with E-state index in [1.54, 1.807) is 0 Å². The minimum Gasteiger partial charge on any atom is -0.344 e. The topological polar surface area (TPSA) is 145 Å². The van der Waals surface area contributed by atoms with Crippen molar-refractivity contribution in [3.63, 3.8) is 0 Å². The lowest BCUT2D eigenvalue weighted by molar-refractivity contribution is -0.130. The van der Waals surface area contributed by atoms with Crippen LogP contribution in [0.15, 0.2) is 0 Å². The van der Waals surface area contributed by atoms with E-state index in [0.717, 1.165) is 0 Å². The summed E-state index contributed by atoms with van der Waals surface area (Å²) in [7, 11) is -4.42. The Balaban J connectivity index is 2.47. The maximum atomic E-state index is 11.7. The lowest BCUT2D eigenvalue weighted by Gasteiger charge is -2.20. The highest BCUT2D eigenvalue weighted by atomic mass is 31.2. The van der Waals surface area contributed by atoms with E-state index in [1.165, 1.54) is 13.8 Å². The SMILES string of the molecule is C[C@H](NC(=O)[C@@H]1CCC(=O)N1)C(=O)N[C@@H](C)P(=O)(O)O. The summed E-state index contributed by atoms with van der Waals surface area (Å²) in [6, 6.07) is -1.63. The van der Waals surface area contributed by atoms with E-state index in [-0.39, 0.29) is 12.3 Å². The van der Waals surface area contributed by atoms with Crippen LogP contribution < -0.4 is 16.0 Å². The first kappa shape index (κ1) is 16.6. The molecule has 0 aromatic heterocycles. The molecule has 1 saturated heterocycles. The zero-order valence-corrected chi connectivity index (χ0v) is 12.0. The number of carbonyl (C=O) groups excluding carboxylic acids is 3. The van der Waals surface area contributed by atoms with E-state index in [1.807, 2.05) is 0 Å². The molecule has 20 heavy (non-hydrogen) atoms. The molecular formula is C10H18N3O6P. The summed E-state index contributed by atoms with van der Waals surface area (Å²) in [6.45, 7) is 2.56. The molecule has 0 bridgehead atoms. The molecule has 114 valence electrons. The Morgan fingerprint density at radius 1 is 1.35 bits per heavy atom. The average molecular weight is 307 g/mol. The average Bonchev–Trinajstić information content (AvgIpc) is 2.74. The van der Waals surface area contributed by atoms with Crippen LogP contribution in [0.1, 0.15) is 26.7 Å². The summed E-state index contributed by atoms with van der Waals surface area (Å²) in [5, 5.41) is 6.96. The number of hydrogen-bond acceptors (Lipinski definition) is 4. The van der Waals surface area contributed by atoms with E-state index in [2.05, 4.69) is 16.0 Å². The van der Waals surface area contributed by atoms with Crippen molar-refractivity contribution in [2.75, 3.05) is 0 Å². The standard InChI is InChI=1S/C10H18N3O6P/c1-5(9(15)12-6(2)20(17,18)19)11-10(16)7-3-4-8(14)13-7/h5-7H,3-4H2,1-2H3,(H,11,16)(H,12,15)(H,13,14)(H2,17,18,19)/t5-,6+,7-/m0/s1. The molecule has 3 atom stereocenters. The second-order valence-corrected chi connectivity index (χ2v) is 6.62. The van der Waals surface area contributed by atoms with Gasteiger partial charge in [0, 0.05) is 6.42 Å². The molecule has 0 aromatic carbocycles. The van der Waals surface area contributed by atoms with Crippen LogP contribution in [-0.2, 0) is 18.9 Å². The number of carbonyl (C=O) groups is 3. The van der Waals surface area contributed by atoms with Crippen LogP contribution >= 0.6 is 7.60 Å². The molecule has 1 fully saturated rings. The van der Waals surface area contributed by atoms with E-state index in [9.17, 15) is 18.9 Å². The molecule has 3 amide bonds. The number of rotatable bonds is 5. The highest BCUT2D eigenvalue weighted by molar-refractivity contribution is 7.52. The molecule has 0 unspecified atom stereocenters. The molecule has 1 aliphatic rings. The van der Waals surface area contributed by atoms with Gasteiger partial charge in [-0.3, -0.25) is 18.9 Å². The first-order valence-electron chi connectivity index (χ1n) is 6.06. The van der Waals surface area contributed by atoms with E-state index in [4.69, 9.17) is 9.79 Å². The molecule has 10 heteroatoms. The maximum absolute atomic E-state index is 11.7. The summed E-state index contributed by atoms with van der Waals surface area (Å²) in [6.07, 6.45) is 0.617. The Hall–Kier alpha value is -1.44. The van der Waals surface area contributed by atoms with Gasteiger partial charge in [0.25, 0.3) is 0 Å². The molecule has 5 N–H and O–H groups in total. The monoisotopic (exact) mass is 307 g/mol. The lowest BCUT2D eigenvalue weighted by atomic mass is 10.2. The first-order valence-corrected chi connectivity index (χ1v) is 7.74. The Labute approximate surface area is 115 Å². The quantitative estimate of drug-likeness (QED) is 0.387. The van der Waals surface area contributed by atoms with Crippen LogP contribution in [0.25, 0.3) is 0 Å². The van der Waals surface area contributed by atoms with Crippen LogP contribution in [0, 0.1) is 0 Å². The van der Waals surface area contributed by atoms with Crippen molar-refractivity contribution in [1.29, 1.82) is 0 Å². The summed E-state index contributed by atoms with van der Waals surface area (Å²) in [5.41, 5.74) is 0. The molecule has 1 rings (SSSR count). The van der Waals surface area contributed by atoms with Crippen molar-refractivity contribution in [1.82, 2.24) is 16.0 Å². The van der Waals surface area contributed by atoms with Gasteiger partial charge in [0.05, 0.1) is 0 Å². The highest BCUT2D eigenvalue weighted by Crippen LogP contribution is 2.39. The van der Waals surface area contributed by atoms with E-state index < -0.39 is 37.3 Å². The van der Waals surface area contributed by atoms with Crippen LogP contribution in [0.5, 0.6) is 0 Å². The second-order valence-electron chi connectivity index (χ2n) is 4.66. The van der Waals surface area contributed by atoms with Crippen LogP contribution in [0.3, 0.4) is 0 Å². The van der Waals surface area contributed by atoms with Crippen LogP contribution in [-0.4, -0.2) is 45.4 Å². The normalized spacial score (nSPS) is 21.8. The fourth-order valence-corrected chi connectivity index (χ4v) is 1.90. The molecule has 9 nitrogen and oxygen atoms in total. The second kappa shape index (κ2) is 6.34. The van der Waals surface area contributed by atoms with Gasteiger partial charge < -0.3 is 25.7 Å². The largest absolute Gasteiger partial charge is 0.347 e. The van der Waals surface area contributed by atoms with Crippen molar-refractivity contribution in [3.8, 4) is 0 Å². The van der Waals surface area contributed by atoms with Gasteiger partial charge >= 0.3 is 7.60 Å². The Morgan fingerprint density at radius 2 is 1.95 bits per heavy atom. The smallest absolute Gasteiger partial charge is 0.344 e. The van der Waals surface area contributed by atoms with E-state index >= 15 is 0 Å². The molecule has 0 aliphatic carbocycles. The summed E-state index contributed by atoms with van der Waals surface area (Å²) < 4.78 is 10.9. The highest BCUT2D eigenvalue weighted by Gasteiger charge is 2.31. The van der Waals surface area contributed by atoms with Crippen LogP contribution in [0.2, 0.25) is 0 Å².